The van der Waals surface area contributed by atoms with Gasteiger partial charge in [0, 0.05) is 24.3 Å². The fourth-order valence-corrected chi connectivity index (χ4v) is 3.43. The minimum atomic E-state index is 0.0405. The van der Waals surface area contributed by atoms with E-state index in [4.69, 9.17) is 14.5 Å². The quantitative estimate of drug-likeness (QED) is 0.941. The zero-order chi connectivity index (χ0) is 16.5. The lowest BCUT2D eigenvalue weighted by molar-refractivity contribution is 0.319. The lowest BCUT2D eigenvalue weighted by Crippen LogP contribution is -2.46. The Morgan fingerprint density at radius 3 is 2.75 bits per heavy atom. The molecule has 0 aliphatic carbocycles. The van der Waals surface area contributed by atoms with Crippen LogP contribution in [-0.2, 0) is 0 Å². The number of rotatable bonds is 3. The number of ether oxygens (including phenoxy) is 2. The number of nitrogens with one attached hydrogen (secondary N) is 1. The molecule has 1 N–H and O–H groups in total. The van der Waals surface area contributed by atoms with Gasteiger partial charge in [0.2, 0.25) is 0 Å². The van der Waals surface area contributed by atoms with E-state index in [1.54, 1.807) is 14.2 Å². The number of hydrogen-bond donors (Lipinski definition) is 1. The van der Waals surface area contributed by atoms with Crippen LogP contribution in [0.1, 0.15) is 23.7 Å². The van der Waals surface area contributed by atoms with Gasteiger partial charge in [-0.15, -0.1) is 0 Å². The summed E-state index contributed by atoms with van der Waals surface area (Å²) in [5, 5.41) is 3.65. The molecular weight excluding hydrogens is 302 g/mol. The van der Waals surface area contributed by atoms with Crippen LogP contribution in [0.15, 0.2) is 47.5 Å². The van der Waals surface area contributed by atoms with Gasteiger partial charge < -0.3 is 19.7 Å². The van der Waals surface area contributed by atoms with Crippen molar-refractivity contribution in [3.05, 3.63) is 53.6 Å². The highest BCUT2D eigenvalue weighted by molar-refractivity contribution is 6.05. The molecule has 124 valence electrons. The van der Waals surface area contributed by atoms with E-state index in [-0.39, 0.29) is 6.17 Å². The van der Waals surface area contributed by atoms with Crippen molar-refractivity contribution in [1.29, 1.82) is 0 Å². The molecule has 0 saturated carbocycles. The van der Waals surface area contributed by atoms with Gasteiger partial charge in [0.05, 0.1) is 14.2 Å². The molecule has 24 heavy (non-hydrogen) atoms. The van der Waals surface area contributed by atoms with E-state index >= 15 is 0 Å². The maximum Gasteiger partial charge on any atom is 0.161 e. The summed E-state index contributed by atoms with van der Waals surface area (Å²) >= 11 is 0. The lowest BCUT2D eigenvalue weighted by Gasteiger charge is -2.42. The number of benzene rings is 2. The van der Waals surface area contributed by atoms with Crippen molar-refractivity contribution in [2.75, 3.05) is 32.6 Å². The van der Waals surface area contributed by atoms with Gasteiger partial charge in [-0.1, -0.05) is 18.2 Å². The van der Waals surface area contributed by atoms with Crippen LogP contribution in [0.2, 0.25) is 0 Å². The second kappa shape index (κ2) is 6.07. The van der Waals surface area contributed by atoms with Crippen LogP contribution >= 0.6 is 0 Å². The van der Waals surface area contributed by atoms with Gasteiger partial charge in [0.15, 0.2) is 11.5 Å². The first-order valence-corrected chi connectivity index (χ1v) is 8.21. The third-order valence-electron chi connectivity index (χ3n) is 4.59. The molecule has 0 fully saturated rings. The Hall–Kier alpha value is -2.69. The minimum absolute atomic E-state index is 0.0405. The number of nitrogens with zero attached hydrogens (tertiary/aromatic N) is 2. The number of para-hydroxylation sites is 1. The smallest absolute Gasteiger partial charge is 0.161 e. The van der Waals surface area contributed by atoms with E-state index in [0.29, 0.717) is 0 Å². The zero-order valence-electron chi connectivity index (χ0n) is 14.0. The summed E-state index contributed by atoms with van der Waals surface area (Å²) in [4.78, 5) is 7.13. The molecule has 2 aliphatic heterocycles. The third kappa shape index (κ3) is 2.37. The van der Waals surface area contributed by atoms with Gasteiger partial charge in [-0.3, -0.25) is 4.99 Å². The molecule has 4 rings (SSSR count). The second-order valence-corrected chi connectivity index (χ2v) is 5.96. The molecule has 5 heteroatoms. The van der Waals surface area contributed by atoms with Crippen LogP contribution in [0.5, 0.6) is 11.5 Å². The number of methoxy groups -OCH3 is 2. The fraction of sp³-hybridized carbons (Fsp3) is 0.316. The summed E-state index contributed by atoms with van der Waals surface area (Å²) in [6.45, 7) is 1.87. The number of amidine groups is 1. The molecule has 0 amide bonds. The first-order chi connectivity index (χ1) is 11.8. The summed E-state index contributed by atoms with van der Waals surface area (Å²) in [7, 11) is 3.32. The van der Waals surface area contributed by atoms with Crippen molar-refractivity contribution in [2.45, 2.75) is 12.6 Å². The molecule has 0 spiro atoms. The van der Waals surface area contributed by atoms with Gasteiger partial charge in [-0.25, -0.2) is 0 Å². The molecular formula is C19H21N3O2. The molecule has 1 atom stereocenters. The molecule has 2 aromatic carbocycles. The van der Waals surface area contributed by atoms with E-state index < -0.39 is 0 Å². The van der Waals surface area contributed by atoms with Crippen molar-refractivity contribution < 1.29 is 9.47 Å². The first-order valence-electron chi connectivity index (χ1n) is 8.21. The highest BCUT2D eigenvalue weighted by Crippen LogP contribution is 2.37. The van der Waals surface area contributed by atoms with Crippen LogP contribution in [0, 0.1) is 0 Å². The Kier molecular flexibility index (Phi) is 3.76. The molecule has 2 aliphatic rings. The van der Waals surface area contributed by atoms with Crippen LogP contribution in [-0.4, -0.2) is 38.0 Å². The Labute approximate surface area is 141 Å². The largest absolute Gasteiger partial charge is 0.493 e. The number of anilines is 1. The molecule has 5 nitrogen and oxygen atoms in total. The Morgan fingerprint density at radius 1 is 1.08 bits per heavy atom. The van der Waals surface area contributed by atoms with Crippen LogP contribution in [0.4, 0.5) is 5.69 Å². The highest BCUT2D eigenvalue weighted by atomic mass is 16.5. The molecule has 0 saturated heterocycles. The number of aliphatic imine (C=N–C) groups is 1. The first kappa shape index (κ1) is 14.9. The maximum absolute atomic E-state index is 5.47. The van der Waals surface area contributed by atoms with E-state index in [2.05, 4.69) is 40.5 Å². The number of fused-ring (bicyclic) bond motifs is 3. The molecule has 2 heterocycles. The van der Waals surface area contributed by atoms with Crippen molar-refractivity contribution in [3.63, 3.8) is 0 Å². The summed E-state index contributed by atoms with van der Waals surface area (Å²) in [5.41, 5.74) is 3.43. The van der Waals surface area contributed by atoms with Crippen molar-refractivity contribution in [3.8, 4) is 11.5 Å². The summed E-state index contributed by atoms with van der Waals surface area (Å²) in [6, 6.07) is 14.4. The van der Waals surface area contributed by atoms with E-state index in [9.17, 15) is 0 Å². The van der Waals surface area contributed by atoms with Gasteiger partial charge in [0.25, 0.3) is 0 Å². The average Bonchev–Trinajstić information content (AvgIpc) is 2.66. The minimum Gasteiger partial charge on any atom is -0.493 e. The van der Waals surface area contributed by atoms with Crippen LogP contribution in [0.3, 0.4) is 0 Å². The van der Waals surface area contributed by atoms with Crippen LogP contribution in [0.25, 0.3) is 0 Å². The van der Waals surface area contributed by atoms with Crippen LogP contribution < -0.4 is 14.8 Å². The fourth-order valence-electron chi connectivity index (χ4n) is 3.43. The lowest BCUT2D eigenvalue weighted by atomic mass is 10.0. The van der Waals surface area contributed by atoms with Gasteiger partial charge in [-0.05, 0) is 36.2 Å². The van der Waals surface area contributed by atoms with E-state index in [1.807, 2.05) is 12.1 Å². The SMILES string of the molecule is COc1ccc([C@@H]2Nc3ccccc3C3=NCCCN32)cc1OC. The van der Waals surface area contributed by atoms with E-state index in [0.717, 1.165) is 48.1 Å². The van der Waals surface area contributed by atoms with Gasteiger partial charge in [0.1, 0.15) is 12.0 Å². The molecule has 0 unspecified atom stereocenters. The second-order valence-electron chi connectivity index (χ2n) is 5.96. The normalized spacial score (nSPS) is 18.8. The van der Waals surface area contributed by atoms with Crippen molar-refractivity contribution in [2.24, 2.45) is 4.99 Å². The topological polar surface area (TPSA) is 46.1 Å². The Morgan fingerprint density at radius 2 is 1.92 bits per heavy atom. The Balaban J connectivity index is 1.79. The number of hydrogen-bond acceptors (Lipinski definition) is 5. The average molecular weight is 323 g/mol. The third-order valence-corrected chi connectivity index (χ3v) is 4.59. The predicted octanol–water partition coefficient (Wildman–Crippen LogP) is 3.28. The monoisotopic (exact) mass is 323 g/mol. The molecule has 0 bridgehead atoms. The summed E-state index contributed by atoms with van der Waals surface area (Å²) < 4.78 is 10.8. The van der Waals surface area contributed by atoms with Gasteiger partial charge in [-0.2, -0.15) is 0 Å². The van der Waals surface area contributed by atoms with Crippen molar-refractivity contribution >= 4 is 11.5 Å². The predicted molar refractivity (Wildman–Crippen MR) is 95.1 cm³/mol. The molecule has 2 aromatic rings. The maximum atomic E-state index is 5.47. The Bertz CT molecular complexity index is 788. The summed E-state index contributed by atoms with van der Waals surface area (Å²) in [6.07, 6.45) is 1.11. The van der Waals surface area contributed by atoms with Gasteiger partial charge >= 0.3 is 0 Å². The highest BCUT2D eigenvalue weighted by Gasteiger charge is 2.32. The van der Waals surface area contributed by atoms with Crippen molar-refractivity contribution in [1.82, 2.24) is 4.90 Å². The standard InChI is InChI=1S/C19H21N3O2/c1-23-16-9-8-13(12-17(16)24-2)18-21-15-7-4-3-6-14(15)19-20-10-5-11-22(18)19/h3-4,6-9,12,18,21H,5,10-11H2,1-2H3/t18-/m1/s1. The zero-order valence-corrected chi connectivity index (χ0v) is 14.0. The van der Waals surface area contributed by atoms with E-state index in [1.165, 1.54) is 5.56 Å². The molecule has 0 aromatic heterocycles. The summed E-state index contributed by atoms with van der Waals surface area (Å²) in [5.74, 6) is 2.56. The molecule has 0 radical (unpaired) electrons.